The smallest absolute Gasteiger partial charge is 0.298 e. The Kier molecular flexibility index (Phi) is 3.16. The van der Waals surface area contributed by atoms with Crippen molar-refractivity contribution in [3.05, 3.63) is 35.4 Å². The summed E-state index contributed by atoms with van der Waals surface area (Å²) in [5, 5.41) is 4.20. The van der Waals surface area contributed by atoms with Crippen LogP contribution in [0.5, 0.6) is 0 Å². The second-order valence-electron chi connectivity index (χ2n) is 4.24. The van der Waals surface area contributed by atoms with E-state index in [-0.39, 0.29) is 6.42 Å². The molecule has 6 heteroatoms. The van der Waals surface area contributed by atoms with Crippen LogP contribution in [0.25, 0.3) is 0 Å². The summed E-state index contributed by atoms with van der Waals surface area (Å²) in [5.74, 6) is -1.30. The lowest BCUT2D eigenvalue weighted by atomic mass is 9.75. The molecule has 0 aromatic heterocycles. The Balaban J connectivity index is 2.51. The highest BCUT2D eigenvalue weighted by Crippen LogP contribution is 2.30. The van der Waals surface area contributed by atoms with Crippen LogP contribution in [0.1, 0.15) is 29.3 Å². The number of nitrogens with one attached hydrogen (secondary N) is 2. The Morgan fingerprint density at radius 3 is 2.00 bits per heavy atom. The summed E-state index contributed by atoms with van der Waals surface area (Å²) >= 11 is 0. The Morgan fingerprint density at radius 1 is 1.05 bits per heavy atom. The average molecular weight is 260 g/mol. The number of imide groups is 2. The first kappa shape index (κ1) is 12.9. The van der Waals surface area contributed by atoms with Gasteiger partial charge in [-0.2, -0.15) is 0 Å². The van der Waals surface area contributed by atoms with Gasteiger partial charge >= 0.3 is 6.03 Å². The van der Waals surface area contributed by atoms with E-state index >= 15 is 0 Å². The van der Waals surface area contributed by atoms with Crippen molar-refractivity contribution < 1.29 is 19.2 Å². The minimum absolute atomic E-state index is 0.207. The Hall–Kier alpha value is -2.50. The fourth-order valence-corrected chi connectivity index (χ4v) is 2.19. The van der Waals surface area contributed by atoms with Gasteiger partial charge in [0.15, 0.2) is 5.41 Å². The van der Waals surface area contributed by atoms with Crippen LogP contribution in [0.15, 0.2) is 24.3 Å². The van der Waals surface area contributed by atoms with E-state index in [1.807, 2.05) is 0 Å². The largest absolute Gasteiger partial charge is 0.328 e. The first-order valence-electron chi connectivity index (χ1n) is 5.77. The van der Waals surface area contributed by atoms with E-state index in [1.165, 1.54) is 12.1 Å². The van der Waals surface area contributed by atoms with Gasteiger partial charge in [-0.3, -0.25) is 25.0 Å². The summed E-state index contributed by atoms with van der Waals surface area (Å²) < 4.78 is 0. The molecular formula is C13H12N2O4. The number of carbonyl (C=O) groups excluding carboxylic acids is 4. The number of urea groups is 1. The van der Waals surface area contributed by atoms with Crippen LogP contribution in [-0.2, 0) is 15.0 Å². The van der Waals surface area contributed by atoms with Gasteiger partial charge in [0.05, 0.1) is 0 Å². The molecule has 19 heavy (non-hydrogen) atoms. The molecule has 0 aliphatic carbocycles. The molecule has 2 rings (SSSR count). The van der Waals surface area contributed by atoms with Gasteiger partial charge in [0.1, 0.15) is 6.29 Å². The molecule has 1 heterocycles. The topological polar surface area (TPSA) is 92.3 Å². The molecule has 1 aliphatic rings. The van der Waals surface area contributed by atoms with E-state index in [9.17, 15) is 19.2 Å². The van der Waals surface area contributed by atoms with Crippen LogP contribution in [0.2, 0.25) is 0 Å². The van der Waals surface area contributed by atoms with E-state index in [4.69, 9.17) is 0 Å². The maximum Gasteiger partial charge on any atom is 0.328 e. The maximum atomic E-state index is 12.1. The van der Waals surface area contributed by atoms with E-state index in [2.05, 4.69) is 10.6 Å². The van der Waals surface area contributed by atoms with Crippen molar-refractivity contribution in [2.45, 2.75) is 18.8 Å². The van der Waals surface area contributed by atoms with Crippen molar-refractivity contribution in [1.29, 1.82) is 0 Å². The number of aldehydes is 1. The number of hydrogen-bond donors (Lipinski definition) is 2. The molecular weight excluding hydrogens is 248 g/mol. The number of benzene rings is 1. The zero-order valence-electron chi connectivity index (χ0n) is 10.2. The molecule has 6 nitrogen and oxygen atoms in total. The second-order valence-corrected chi connectivity index (χ2v) is 4.24. The molecule has 0 saturated carbocycles. The number of barbiturate groups is 1. The maximum absolute atomic E-state index is 12.1. The molecule has 0 unspecified atom stereocenters. The predicted molar refractivity (Wildman–Crippen MR) is 65.5 cm³/mol. The van der Waals surface area contributed by atoms with E-state index in [1.54, 1.807) is 19.1 Å². The van der Waals surface area contributed by atoms with Gasteiger partial charge in [-0.15, -0.1) is 0 Å². The third kappa shape index (κ3) is 1.91. The molecule has 1 saturated heterocycles. The summed E-state index contributed by atoms with van der Waals surface area (Å²) in [6, 6.07) is 5.32. The van der Waals surface area contributed by atoms with Crippen molar-refractivity contribution >= 4 is 24.1 Å². The molecule has 2 N–H and O–H groups in total. The van der Waals surface area contributed by atoms with E-state index in [0.717, 1.165) is 0 Å². The van der Waals surface area contributed by atoms with E-state index in [0.29, 0.717) is 17.4 Å². The minimum Gasteiger partial charge on any atom is -0.298 e. The molecule has 1 fully saturated rings. The fourth-order valence-electron chi connectivity index (χ4n) is 2.19. The Morgan fingerprint density at radius 2 is 1.58 bits per heavy atom. The zero-order valence-corrected chi connectivity index (χ0v) is 10.2. The molecule has 0 atom stereocenters. The summed E-state index contributed by atoms with van der Waals surface area (Å²) in [6.07, 6.45) is 0.880. The molecule has 98 valence electrons. The lowest BCUT2D eigenvalue weighted by Gasteiger charge is -2.33. The van der Waals surface area contributed by atoms with Crippen LogP contribution in [-0.4, -0.2) is 24.1 Å². The van der Waals surface area contributed by atoms with Crippen molar-refractivity contribution in [3.63, 3.8) is 0 Å². The first-order valence-corrected chi connectivity index (χ1v) is 5.77. The van der Waals surface area contributed by atoms with Gasteiger partial charge in [0, 0.05) is 5.56 Å². The van der Waals surface area contributed by atoms with Gasteiger partial charge < -0.3 is 0 Å². The number of amides is 4. The first-order chi connectivity index (χ1) is 9.04. The molecule has 1 aromatic rings. The normalized spacial score (nSPS) is 17.6. The van der Waals surface area contributed by atoms with Gasteiger partial charge in [-0.05, 0) is 12.0 Å². The lowest BCUT2D eigenvalue weighted by molar-refractivity contribution is -0.138. The van der Waals surface area contributed by atoms with Gasteiger partial charge in [0.25, 0.3) is 0 Å². The average Bonchev–Trinajstić information content (AvgIpc) is 2.39. The minimum atomic E-state index is -1.44. The predicted octanol–water partition coefficient (Wildman–Crippen LogP) is 0.513. The van der Waals surface area contributed by atoms with Crippen LogP contribution in [0, 0.1) is 0 Å². The van der Waals surface area contributed by atoms with Crippen molar-refractivity contribution in [2.24, 2.45) is 0 Å². The Bertz CT molecular complexity index is 543. The highest BCUT2D eigenvalue weighted by atomic mass is 16.2. The van der Waals surface area contributed by atoms with Crippen molar-refractivity contribution in [1.82, 2.24) is 10.6 Å². The van der Waals surface area contributed by atoms with Gasteiger partial charge in [-0.1, -0.05) is 31.2 Å². The van der Waals surface area contributed by atoms with Crippen LogP contribution >= 0.6 is 0 Å². The number of rotatable bonds is 3. The molecule has 1 aromatic carbocycles. The van der Waals surface area contributed by atoms with Crippen LogP contribution in [0.3, 0.4) is 0 Å². The molecule has 4 amide bonds. The molecule has 0 radical (unpaired) electrons. The number of carbonyl (C=O) groups is 4. The lowest BCUT2D eigenvalue weighted by Crippen LogP contribution is -2.64. The standard InChI is InChI=1S/C13H12N2O4/c1-2-13(9-5-3-8(7-16)4-6-9)10(17)14-12(19)15-11(13)18/h3-7H,2H2,1H3,(H2,14,15,17,18,19). The molecule has 0 bridgehead atoms. The zero-order chi connectivity index (χ0) is 14.0. The van der Waals surface area contributed by atoms with Crippen LogP contribution < -0.4 is 10.6 Å². The summed E-state index contributed by atoms with van der Waals surface area (Å²) in [5.41, 5.74) is -0.541. The third-order valence-electron chi connectivity index (χ3n) is 3.30. The fraction of sp³-hybridized carbons (Fsp3) is 0.231. The molecule has 1 aliphatic heterocycles. The van der Waals surface area contributed by atoms with Gasteiger partial charge in [0.2, 0.25) is 11.8 Å². The molecule has 0 spiro atoms. The SMILES string of the molecule is CCC1(c2ccc(C=O)cc2)C(=O)NC(=O)NC1=O. The van der Waals surface area contributed by atoms with Crippen molar-refractivity contribution in [2.75, 3.05) is 0 Å². The van der Waals surface area contributed by atoms with Crippen molar-refractivity contribution in [3.8, 4) is 0 Å². The monoisotopic (exact) mass is 260 g/mol. The summed E-state index contributed by atoms with van der Waals surface area (Å²) in [7, 11) is 0. The quantitative estimate of drug-likeness (QED) is 0.612. The second kappa shape index (κ2) is 4.64. The van der Waals surface area contributed by atoms with Crippen LogP contribution in [0.4, 0.5) is 4.79 Å². The highest BCUT2D eigenvalue weighted by molar-refractivity contribution is 6.22. The van der Waals surface area contributed by atoms with E-state index < -0.39 is 23.3 Å². The highest BCUT2D eigenvalue weighted by Gasteiger charge is 2.50. The number of hydrogen-bond acceptors (Lipinski definition) is 4. The Labute approximate surface area is 109 Å². The third-order valence-corrected chi connectivity index (χ3v) is 3.30. The summed E-state index contributed by atoms with van der Waals surface area (Å²) in [6.45, 7) is 1.68. The van der Waals surface area contributed by atoms with Gasteiger partial charge in [-0.25, -0.2) is 4.79 Å². The summed E-state index contributed by atoms with van der Waals surface area (Å²) in [4.78, 5) is 45.8.